The molecule has 4 nitrogen and oxygen atoms in total. The Morgan fingerprint density at radius 2 is 1.88 bits per heavy atom. The second-order valence-corrected chi connectivity index (χ2v) is 4.64. The first-order chi connectivity index (χ1) is 8.19. The van der Waals surface area contributed by atoms with Crippen LogP contribution in [0.15, 0.2) is 0 Å². The van der Waals surface area contributed by atoms with E-state index in [1.54, 1.807) is 0 Å². The lowest BCUT2D eigenvalue weighted by Crippen LogP contribution is -2.40. The first-order valence-electron chi connectivity index (χ1n) is 6.54. The number of carbonyl (C=O) groups is 2. The molecule has 1 heterocycles. The molecule has 98 valence electrons. The monoisotopic (exact) mass is 241 g/mol. The highest BCUT2D eigenvalue weighted by Crippen LogP contribution is 2.19. The van der Waals surface area contributed by atoms with Crippen LogP contribution in [0.5, 0.6) is 0 Å². The Balaban J connectivity index is 2.26. The molecule has 0 atom stereocenters. The Morgan fingerprint density at radius 3 is 2.41 bits per heavy atom. The molecule has 0 unspecified atom stereocenters. The molecular formula is C13H23NO3. The number of rotatable bonds is 5. The Bertz CT molecular complexity index is 257. The number of ether oxygens (including phenoxy) is 1. The highest BCUT2D eigenvalue weighted by atomic mass is 16.5. The smallest absolute Gasteiger partial charge is 0.308 e. The highest BCUT2D eigenvalue weighted by molar-refractivity contribution is 5.77. The molecule has 0 bridgehead atoms. The topological polar surface area (TPSA) is 46.6 Å². The fourth-order valence-electron chi connectivity index (χ4n) is 2.22. The summed E-state index contributed by atoms with van der Waals surface area (Å²) in [6.07, 6.45) is 5.36. The van der Waals surface area contributed by atoms with E-state index in [4.69, 9.17) is 4.74 Å². The van der Waals surface area contributed by atoms with E-state index < -0.39 is 0 Å². The minimum atomic E-state index is -0.136. The van der Waals surface area contributed by atoms with Gasteiger partial charge in [0.2, 0.25) is 5.91 Å². The number of nitrogens with zero attached hydrogens (tertiary/aromatic N) is 1. The quantitative estimate of drug-likeness (QED) is 0.546. The third kappa shape index (κ3) is 4.36. The Hall–Kier alpha value is -1.06. The van der Waals surface area contributed by atoms with Crippen LogP contribution < -0.4 is 0 Å². The van der Waals surface area contributed by atoms with Crippen molar-refractivity contribution in [3.8, 4) is 0 Å². The molecule has 17 heavy (non-hydrogen) atoms. The first kappa shape index (κ1) is 14.0. The molecule has 0 aliphatic carbocycles. The minimum absolute atomic E-state index is 0.0142. The van der Waals surface area contributed by atoms with Crippen molar-refractivity contribution in [2.75, 3.05) is 20.2 Å². The summed E-state index contributed by atoms with van der Waals surface area (Å²) in [4.78, 5) is 25.0. The number of esters is 1. The minimum Gasteiger partial charge on any atom is -0.469 e. The zero-order valence-corrected chi connectivity index (χ0v) is 10.9. The summed E-state index contributed by atoms with van der Waals surface area (Å²) in [7, 11) is 1.42. The summed E-state index contributed by atoms with van der Waals surface area (Å²) in [6, 6.07) is 0. The lowest BCUT2D eigenvalue weighted by Gasteiger charge is -2.30. The predicted molar refractivity (Wildman–Crippen MR) is 65.5 cm³/mol. The standard InChI is InChI=1S/C13H23NO3/c1-3-4-5-6-12(15)14-9-7-11(8-10-14)13(16)17-2/h11H,3-10H2,1-2H3. The molecule has 0 spiro atoms. The van der Waals surface area contributed by atoms with Gasteiger partial charge in [-0.25, -0.2) is 0 Å². The Kier molecular flexibility index (Phi) is 6.01. The summed E-state index contributed by atoms with van der Waals surface area (Å²) in [5, 5.41) is 0. The van der Waals surface area contributed by atoms with Gasteiger partial charge in [-0.05, 0) is 19.3 Å². The average Bonchev–Trinajstić information content (AvgIpc) is 2.38. The van der Waals surface area contributed by atoms with Crippen molar-refractivity contribution in [2.24, 2.45) is 5.92 Å². The number of likely N-dealkylation sites (tertiary alicyclic amines) is 1. The predicted octanol–water partition coefficient (Wildman–Crippen LogP) is 1.98. The van der Waals surface area contributed by atoms with Gasteiger partial charge in [-0.3, -0.25) is 9.59 Å². The number of unbranched alkanes of at least 4 members (excludes halogenated alkanes) is 2. The molecule has 0 aromatic heterocycles. The van der Waals surface area contributed by atoms with Crippen molar-refractivity contribution in [1.29, 1.82) is 0 Å². The summed E-state index contributed by atoms with van der Waals surface area (Å²) < 4.78 is 4.72. The molecule has 4 heteroatoms. The lowest BCUT2D eigenvalue weighted by molar-refractivity contribution is -0.148. The van der Waals surface area contributed by atoms with Gasteiger partial charge in [0.05, 0.1) is 13.0 Å². The molecule has 1 aliphatic rings. The van der Waals surface area contributed by atoms with Crippen molar-refractivity contribution in [3.63, 3.8) is 0 Å². The lowest BCUT2D eigenvalue weighted by atomic mass is 9.96. The number of hydrogen-bond acceptors (Lipinski definition) is 3. The third-order valence-corrected chi connectivity index (χ3v) is 3.38. The maximum Gasteiger partial charge on any atom is 0.308 e. The number of hydrogen-bond donors (Lipinski definition) is 0. The van der Waals surface area contributed by atoms with E-state index in [1.807, 2.05) is 4.90 Å². The fraction of sp³-hybridized carbons (Fsp3) is 0.846. The van der Waals surface area contributed by atoms with Gasteiger partial charge in [0.25, 0.3) is 0 Å². The molecule has 0 aromatic rings. The van der Waals surface area contributed by atoms with Crippen molar-refractivity contribution in [3.05, 3.63) is 0 Å². The van der Waals surface area contributed by atoms with E-state index in [9.17, 15) is 9.59 Å². The summed E-state index contributed by atoms with van der Waals surface area (Å²) >= 11 is 0. The molecule has 1 aliphatic heterocycles. The molecule has 0 aromatic carbocycles. The number of piperidine rings is 1. The molecule has 0 saturated carbocycles. The second-order valence-electron chi connectivity index (χ2n) is 4.64. The summed E-state index contributed by atoms with van der Waals surface area (Å²) in [5.74, 6) is 0.0875. The van der Waals surface area contributed by atoms with Crippen LogP contribution in [0.4, 0.5) is 0 Å². The van der Waals surface area contributed by atoms with Crippen LogP contribution >= 0.6 is 0 Å². The van der Waals surface area contributed by atoms with E-state index in [2.05, 4.69) is 6.92 Å². The van der Waals surface area contributed by atoms with Crippen LogP contribution in [0.25, 0.3) is 0 Å². The van der Waals surface area contributed by atoms with Crippen LogP contribution in [0, 0.1) is 5.92 Å². The van der Waals surface area contributed by atoms with E-state index in [-0.39, 0.29) is 17.8 Å². The first-order valence-corrected chi connectivity index (χ1v) is 6.54. The van der Waals surface area contributed by atoms with Crippen molar-refractivity contribution in [1.82, 2.24) is 4.90 Å². The Labute approximate surface area is 103 Å². The average molecular weight is 241 g/mol. The fourth-order valence-corrected chi connectivity index (χ4v) is 2.22. The molecule has 1 saturated heterocycles. The van der Waals surface area contributed by atoms with Crippen LogP contribution in [0.3, 0.4) is 0 Å². The van der Waals surface area contributed by atoms with Crippen LogP contribution in [0.1, 0.15) is 45.4 Å². The van der Waals surface area contributed by atoms with Gasteiger partial charge >= 0.3 is 5.97 Å². The van der Waals surface area contributed by atoms with E-state index in [0.29, 0.717) is 19.5 Å². The summed E-state index contributed by atoms with van der Waals surface area (Å²) in [6.45, 7) is 3.53. The Morgan fingerprint density at radius 1 is 1.24 bits per heavy atom. The largest absolute Gasteiger partial charge is 0.469 e. The van der Waals surface area contributed by atoms with Gasteiger partial charge in [-0.1, -0.05) is 19.8 Å². The van der Waals surface area contributed by atoms with Crippen LogP contribution in [-0.4, -0.2) is 37.0 Å². The number of carbonyl (C=O) groups excluding carboxylic acids is 2. The van der Waals surface area contributed by atoms with E-state index in [1.165, 1.54) is 7.11 Å². The van der Waals surface area contributed by atoms with Gasteiger partial charge in [0.15, 0.2) is 0 Å². The van der Waals surface area contributed by atoms with Gasteiger partial charge in [-0.2, -0.15) is 0 Å². The van der Waals surface area contributed by atoms with Crippen LogP contribution in [0.2, 0.25) is 0 Å². The number of methoxy groups -OCH3 is 1. The third-order valence-electron chi connectivity index (χ3n) is 3.38. The molecule has 0 radical (unpaired) electrons. The van der Waals surface area contributed by atoms with Gasteiger partial charge in [0, 0.05) is 19.5 Å². The van der Waals surface area contributed by atoms with Gasteiger partial charge in [-0.15, -0.1) is 0 Å². The van der Waals surface area contributed by atoms with Crippen molar-refractivity contribution >= 4 is 11.9 Å². The van der Waals surface area contributed by atoms with E-state index >= 15 is 0 Å². The zero-order valence-electron chi connectivity index (χ0n) is 10.9. The van der Waals surface area contributed by atoms with Gasteiger partial charge in [0.1, 0.15) is 0 Å². The zero-order chi connectivity index (χ0) is 12.7. The van der Waals surface area contributed by atoms with Gasteiger partial charge < -0.3 is 9.64 Å². The molecular weight excluding hydrogens is 218 g/mol. The summed E-state index contributed by atoms with van der Waals surface area (Å²) in [5.41, 5.74) is 0. The molecule has 1 rings (SSSR count). The van der Waals surface area contributed by atoms with Crippen LogP contribution in [-0.2, 0) is 14.3 Å². The van der Waals surface area contributed by atoms with Crippen molar-refractivity contribution < 1.29 is 14.3 Å². The molecule has 1 amide bonds. The normalized spacial score (nSPS) is 16.9. The molecule has 0 N–H and O–H groups in total. The van der Waals surface area contributed by atoms with E-state index in [0.717, 1.165) is 32.1 Å². The highest BCUT2D eigenvalue weighted by Gasteiger charge is 2.27. The SMILES string of the molecule is CCCCCC(=O)N1CCC(C(=O)OC)CC1. The maximum atomic E-state index is 11.8. The molecule has 1 fully saturated rings. The maximum absolute atomic E-state index is 11.8. The van der Waals surface area contributed by atoms with Crippen molar-refractivity contribution in [2.45, 2.75) is 45.4 Å². The second kappa shape index (κ2) is 7.30. The number of amides is 1.